The minimum atomic E-state index is -0.965. The molecule has 3 aromatic rings. The summed E-state index contributed by atoms with van der Waals surface area (Å²) in [4.78, 5) is 24.3. The van der Waals surface area contributed by atoms with Crippen molar-refractivity contribution in [1.82, 2.24) is 15.2 Å². The number of aromatic nitrogens is 1. The van der Waals surface area contributed by atoms with Gasteiger partial charge in [0.05, 0.1) is 6.34 Å². The fraction of sp³-hybridized carbons (Fsp3) is 0.423. The molecule has 4 heterocycles. The lowest BCUT2D eigenvalue weighted by molar-refractivity contribution is 0.0703. The van der Waals surface area contributed by atoms with Crippen molar-refractivity contribution in [2.75, 3.05) is 26.2 Å². The number of carboxylic acids is 1. The Labute approximate surface area is 213 Å². The monoisotopic (exact) mass is 542 g/mol. The van der Waals surface area contributed by atoms with Gasteiger partial charge in [0.2, 0.25) is 0 Å². The summed E-state index contributed by atoms with van der Waals surface area (Å²) in [6, 6.07) is 10.0. The van der Waals surface area contributed by atoms with Crippen LogP contribution in [0.15, 0.2) is 39.8 Å². The molecule has 5 rings (SSSR count). The second-order valence-corrected chi connectivity index (χ2v) is 10.6. The Morgan fingerprint density at radius 3 is 2.38 bits per heavy atom. The number of hydrogen-bond acceptors (Lipinski definition) is 5. The summed E-state index contributed by atoms with van der Waals surface area (Å²) in [7, 11) is 0. The highest BCUT2D eigenvalue weighted by molar-refractivity contribution is 9.10. The first kappa shape index (κ1) is 24.8. The highest BCUT2D eigenvalue weighted by atomic mass is 79.9. The highest BCUT2D eigenvalue weighted by Crippen LogP contribution is 2.43. The van der Waals surface area contributed by atoms with Gasteiger partial charge in [-0.15, -0.1) is 11.3 Å². The van der Waals surface area contributed by atoms with Gasteiger partial charge in [0.15, 0.2) is 0 Å². The van der Waals surface area contributed by atoms with Gasteiger partial charge in [-0.1, -0.05) is 34.5 Å². The van der Waals surface area contributed by atoms with Gasteiger partial charge in [-0.2, -0.15) is 0 Å². The molecular formula is C26H31BrN4O2S. The maximum atomic E-state index is 11.9. The van der Waals surface area contributed by atoms with Gasteiger partial charge >= 0.3 is 5.97 Å². The maximum absolute atomic E-state index is 11.9. The number of nitrogens with zero attached hydrogens (tertiary/aromatic N) is 3. The number of benzene rings is 1. The summed E-state index contributed by atoms with van der Waals surface area (Å²) >= 11 is 4.66. The molecule has 2 aromatic heterocycles. The van der Waals surface area contributed by atoms with Crippen LogP contribution >= 0.6 is 27.3 Å². The molecule has 0 unspecified atom stereocenters. The van der Waals surface area contributed by atoms with Crippen molar-refractivity contribution >= 4 is 55.5 Å². The number of carbonyl (C=O) groups is 1. The van der Waals surface area contributed by atoms with Crippen LogP contribution in [0.2, 0.25) is 0 Å². The third kappa shape index (κ3) is 6.23. The zero-order chi connectivity index (χ0) is 23.9. The molecule has 0 aliphatic carbocycles. The van der Waals surface area contributed by atoms with Crippen LogP contribution in [0, 0.1) is 6.92 Å². The summed E-state index contributed by atoms with van der Waals surface area (Å²) in [6.45, 7) is 6.36. The van der Waals surface area contributed by atoms with Crippen LogP contribution in [-0.2, 0) is 0 Å². The van der Waals surface area contributed by atoms with Crippen LogP contribution in [-0.4, -0.2) is 53.5 Å². The zero-order valence-corrected chi connectivity index (χ0v) is 21.9. The van der Waals surface area contributed by atoms with Crippen LogP contribution in [0.3, 0.4) is 0 Å². The summed E-state index contributed by atoms with van der Waals surface area (Å²) in [5.74, 6) is -0.965. The first-order valence-corrected chi connectivity index (χ1v) is 13.6. The minimum Gasteiger partial charge on any atom is -0.477 e. The van der Waals surface area contributed by atoms with Gasteiger partial charge < -0.3 is 15.3 Å². The number of rotatable bonds is 4. The number of hydrogen-bond donors (Lipinski definition) is 2. The van der Waals surface area contributed by atoms with E-state index in [1.165, 1.54) is 50.1 Å². The van der Waals surface area contributed by atoms with E-state index in [1.807, 2.05) is 37.3 Å². The Morgan fingerprint density at radius 1 is 1.12 bits per heavy atom. The first-order valence-electron chi connectivity index (χ1n) is 12.0. The molecule has 2 aliphatic rings. The highest BCUT2D eigenvalue weighted by Gasteiger charge is 2.22. The van der Waals surface area contributed by atoms with Crippen molar-refractivity contribution in [2.45, 2.75) is 45.4 Å². The molecule has 1 aromatic carbocycles. The number of pyridine rings is 1. The molecule has 0 bridgehead atoms. The summed E-state index contributed by atoms with van der Waals surface area (Å²) in [6.07, 6.45) is 9.55. The lowest BCUT2D eigenvalue weighted by atomic mass is 10.0. The van der Waals surface area contributed by atoms with E-state index in [-0.39, 0.29) is 4.88 Å². The summed E-state index contributed by atoms with van der Waals surface area (Å²) < 4.78 is 0.998. The van der Waals surface area contributed by atoms with Crippen molar-refractivity contribution in [2.24, 2.45) is 4.99 Å². The van der Waals surface area contributed by atoms with Gasteiger partial charge in [0.25, 0.3) is 0 Å². The molecule has 2 fully saturated rings. The molecule has 0 amide bonds. The number of thiophene rings is 1. The average Bonchev–Trinajstić information content (AvgIpc) is 3.23. The third-order valence-electron chi connectivity index (χ3n) is 6.06. The Hall–Kier alpha value is -2.29. The molecular weight excluding hydrogens is 512 g/mol. The van der Waals surface area contributed by atoms with Crippen LogP contribution in [0.4, 0.5) is 5.69 Å². The fourth-order valence-electron chi connectivity index (χ4n) is 4.31. The largest absolute Gasteiger partial charge is 0.477 e. The molecule has 0 radical (unpaired) electrons. The Bertz CT molecular complexity index is 1140. The smallest absolute Gasteiger partial charge is 0.348 e. The van der Waals surface area contributed by atoms with Crippen LogP contribution in [0.25, 0.3) is 21.3 Å². The predicted molar refractivity (Wildman–Crippen MR) is 145 cm³/mol. The van der Waals surface area contributed by atoms with Crippen LogP contribution < -0.4 is 5.32 Å². The Balaban J connectivity index is 0.000000398. The van der Waals surface area contributed by atoms with Crippen molar-refractivity contribution in [3.63, 3.8) is 0 Å². The Kier molecular flexibility index (Phi) is 8.69. The molecule has 8 heteroatoms. The number of nitrogens with one attached hydrogen (secondary N) is 1. The van der Waals surface area contributed by atoms with Crippen molar-refractivity contribution in [3.05, 3.63) is 45.4 Å². The van der Waals surface area contributed by atoms with Gasteiger partial charge in [0.1, 0.15) is 15.4 Å². The molecule has 2 aliphatic heterocycles. The second-order valence-electron chi connectivity index (χ2n) is 8.74. The fourth-order valence-corrected chi connectivity index (χ4v) is 5.60. The lowest BCUT2D eigenvalue weighted by Gasteiger charge is -2.23. The normalized spacial score (nSPS) is 16.5. The molecule has 180 valence electrons. The number of carboxylic acid groups (broad SMARTS) is 1. The first-order chi connectivity index (χ1) is 16.5. The minimum absolute atomic E-state index is 0.236. The van der Waals surface area contributed by atoms with E-state index in [0.717, 1.165) is 52.6 Å². The van der Waals surface area contributed by atoms with Crippen molar-refractivity contribution in [1.29, 1.82) is 0 Å². The number of piperidine rings is 2. The lowest BCUT2D eigenvalue weighted by Crippen LogP contribution is -2.28. The zero-order valence-electron chi connectivity index (χ0n) is 19.5. The van der Waals surface area contributed by atoms with Crippen LogP contribution in [0.1, 0.15) is 53.9 Å². The SMILES string of the molecule is C1CCNCC1.Cc1cc(-c2ccc(Br)cc2)c2c(N=CN3CCCCC3)c(C(=O)O)sc2n1. The number of fused-ring (bicyclic) bond motifs is 1. The molecule has 6 nitrogen and oxygen atoms in total. The maximum Gasteiger partial charge on any atom is 0.348 e. The number of aromatic carboxylic acids is 1. The second kappa shape index (κ2) is 11.9. The predicted octanol–water partition coefficient (Wildman–Crippen LogP) is 6.64. The number of halogens is 1. The van der Waals surface area contributed by atoms with Gasteiger partial charge in [0, 0.05) is 28.6 Å². The van der Waals surface area contributed by atoms with E-state index in [0.29, 0.717) is 10.5 Å². The Morgan fingerprint density at radius 2 is 1.79 bits per heavy atom. The van der Waals surface area contributed by atoms with E-state index in [9.17, 15) is 9.90 Å². The third-order valence-corrected chi connectivity index (χ3v) is 7.65. The number of aryl methyl sites for hydroxylation is 1. The standard InChI is InChI=1S/C21H20BrN3O2S.C5H11N/c1-13-11-16(14-5-7-15(22)8-6-14)17-18(19(21(26)27)28-20(17)24-13)23-12-25-9-3-2-4-10-25;1-2-4-6-5-3-1/h5-8,11-12H,2-4,9-10H2,1H3,(H,26,27);6H,1-5H2. The van der Waals surface area contributed by atoms with Crippen LogP contribution in [0.5, 0.6) is 0 Å². The van der Waals surface area contributed by atoms with E-state index < -0.39 is 5.97 Å². The molecule has 34 heavy (non-hydrogen) atoms. The summed E-state index contributed by atoms with van der Waals surface area (Å²) in [5, 5.41) is 13.9. The van der Waals surface area contributed by atoms with Crippen molar-refractivity contribution < 1.29 is 9.90 Å². The molecule has 0 atom stereocenters. The molecule has 2 saturated heterocycles. The topological polar surface area (TPSA) is 77.8 Å². The van der Waals surface area contributed by atoms with Gasteiger partial charge in [-0.3, -0.25) is 0 Å². The molecule has 0 saturated carbocycles. The summed E-state index contributed by atoms with van der Waals surface area (Å²) in [5.41, 5.74) is 3.34. The quantitative estimate of drug-likeness (QED) is 0.285. The van der Waals surface area contributed by atoms with Gasteiger partial charge in [-0.05, 0) is 81.4 Å². The molecule has 0 spiro atoms. The van der Waals surface area contributed by atoms with E-state index in [2.05, 4.69) is 36.1 Å². The number of aliphatic imine (C=N–C) groups is 1. The van der Waals surface area contributed by atoms with Gasteiger partial charge in [-0.25, -0.2) is 14.8 Å². The molecule has 2 N–H and O–H groups in total. The van der Waals surface area contributed by atoms with Crippen molar-refractivity contribution in [3.8, 4) is 11.1 Å². The van der Waals surface area contributed by atoms with E-state index in [1.54, 1.807) is 6.34 Å². The number of likely N-dealkylation sites (tertiary alicyclic amines) is 1. The van der Waals surface area contributed by atoms with E-state index >= 15 is 0 Å². The average molecular weight is 544 g/mol. The van der Waals surface area contributed by atoms with E-state index in [4.69, 9.17) is 0 Å².